The molecule has 1 aromatic carbocycles. The molecule has 0 bridgehead atoms. The van der Waals surface area contributed by atoms with E-state index in [4.69, 9.17) is 15.5 Å². The van der Waals surface area contributed by atoms with Gasteiger partial charge in [0.25, 0.3) is 0 Å². The first-order valence-electron chi connectivity index (χ1n) is 10.2. The van der Waals surface area contributed by atoms with E-state index in [0.29, 0.717) is 17.2 Å². The summed E-state index contributed by atoms with van der Waals surface area (Å²) in [5, 5.41) is 0. The number of hydrogen-bond donors (Lipinski definition) is 1. The van der Waals surface area contributed by atoms with E-state index in [1.807, 2.05) is 13.8 Å². The predicted molar refractivity (Wildman–Crippen MR) is 113 cm³/mol. The van der Waals surface area contributed by atoms with Gasteiger partial charge in [0, 0.05) is 28.6 Å². The lowest BCUT2D eigenvalue weighted by molar-refractivity contribution is -0.146. The number of hydrogen-bond acceptors (Lipinski definition) is 5. The number of carbonyl (C=O) groups excluding carboxylic acids is 1. The molecule has 2 heterocycles. The van der Waals surface area contributed by atoms with Crippen molar-refractivity contribution in [3.63, 3.8) is 0 Å². The SMILES string of the molecule is CCCc1nc2c(c(N)c1CC)C(c1ccc(F)cc1)C(C(=O)OCC)C(C)=N2. The van der Waals surface area contributed by atoms with Gasteiger partial charge in [-0.15, -0.1) is 0 Å². The summed E-state index contributed by atoms with van der Waals surface area (Å²) in [7, 11) is 0. The van der Waals surface area contributed by atoms with Gasteiger partial charge >= 0.3 is 5.97 Å². The van der Waals surface area contributed by atoms with Crippen molar-refractivity contribution in [2.24, 2.45) is 10.9 Å². The van der Waals surface area contributed by atoms with Crippen molar-refractivity contribution in [2.45, 2.75) is 52.9 Å². The highest BCUT2D eigenvalue weighted by Crippen LogP contribution is 2.46. The lowest BCUT2D eigenvalue weighted by Crippen LogP contribution is -2.34. The van der Waals surface area contributed by atoms with Crippen LogP contribution in [0.5, 0.6) is 0 Å². The van der Waals surface area contributed by atoms with Crippen molar-refractivity contribution < 1.29 is 13.9 Å². The molecular weight excluding hydrogens is 369 g/mol. The van der Waals surface area contributed by atoms with Crippen LogP contribution in [-0.4, -0.2) is 23.3 Å². The summed E-state index contributed by atoms with van der Waals surface area (Å²) in [6, 6.07) is 6.18. The number of fused-ring (bicyclic) bond motifs is 1. The van der Waals surface area contributed by atoms with Gasteiger partial charge in [0.2, 0.25) is 0 Å². The Morgan fingerprint density at radius 3 is 2.48 bits per heavy atom. The molecule has 5 nitrogen and oxygen atoms in total. The summed E-state index contributed by atoms with van der Waals surface area (Å²) >= 11 is 0. The number of ether oxygens (including phenoxy) is 1. The summed E-state index contributed by atoms with van der Waals surface area (Å²) in [6.45, 7) is 8.01. The number of benzene rings is 1. The van der Waals surface area contributed by atoms with Crippen LogP contribution in [0, 0.1) is 11.7 Å². The largest absolute Gasteiger partial charge is 0.465 e. The molecule has 154 valence electrons. The first-order chi connectivity index (χ1) is 13.9. The molecule has 2 unspecified atom stereocenters. The van der Waals surface area contributed by atoms with E-state index in [9.17, 15) is 9.18 Å². The predicted octanol–water partition coefficient (Wildman–Crippen LogP) is 4.74. The number of nitrogen functional groups attached to an aromatic ring is 1. The zero-order valence-electron chi connectivity index (χ0n) is 17.5. The van der Waals surface area contributed by atoms with Crippen LogP contribution in [0.15, 0.2) is 29.3 Å². The molecule has 1 aromatic heterocycles. The van der Waals surface area contributed by atoms with E-state index in [2.05, 4.69) is 11.9 Å². The molecule has 1 aliphatic rings. The van der Waals surface area contributed by atoms with E-state index in [-0.39, 0.29) is 18.4 Å². The normalized spacial score (nSPS) is 18.2. The van der Waals surface area contributed by atoms with Crippen molar-refractivity contribution >= 4 is 23.2 Å². The number of esters is 1. The van der Waals surface area contributed by atoms with Gasteiger partial charge in [-0.25, -0.2) is 14.4 Å². The number of aliphatic imine (C=N–C) groups is 1. The van der Waals surface area contributed by atoms with Gasteiger partial charge in [-0.05, 0) is 49.9 Å². The number of aromatic nitrogens is 1. The first kappa shape index (κ1) is 21.0. The monoisotopic (exact) mass is 397 g/mol. The van der Waals surface area contributed by atoms with Crippen LogP contribution in [0.4, 0.5) is 15.9 Å². The fourth-order valence-corrected chi connectivity index (χ4v) is 4.14. The Morgan fingerprint density at radius 2 is 1.90 bits per heavy atom. The number of nitrogens with two attached hydrogens (primary N) is 1. The molecule has 0 saturated heterocycles. The van der Waals surface area contributed by atoms with Crippen molar-refractivity contribution in [2.75, 3.05) is 12.3 Å². The number of rotatable bonds is 6. The van der Waals surface area contributed by atoms with E-state index < -0.39 is 11.8 Å². The zero-order chi connectivity index (χ0) is 21.1. The van der Waals surface area contributed by atoms with Gasteiger partial charge in [0.15, 0.2) is 5.82 Å². The van der Waals surface area contributed by atoms with Gasteiger partial charge in [-0.3, -0.25) is 4.79 Å². The van der Waals surface area contributed by atoms with Crippen LogP contribution >= 0.6 is 0 Å². The lowest BCUT2D eigenvalue weighted by atomic mass is 9.75. The van der Waals surface area contributed by atoms with Crippen LogP contribution in [-0.2, 0) is 22.4 Å². The minimum Gasteiger partial charge on any atom is -0.465 e. The Labute approximate surface area is 171 Å². The summed E-state index contributed by atoms with van der Waals surface area (Å²) in [6.07, 6.45) is 2.51. The lowest BCUT2D eigenvalue weighted by Gasteiger charge is -2.32. The Bertz CT molecular complexity index is 938. The van der Waals surface area contributed by atoms with Crippen LogP contribution in [0.1, 0.15) is 62.4 Å². The third kappa shape index (κ3) is 3.88. The highest BCUT2D eigenvalue weighted by molar-refractivity contribution is 6.05. The number of pyridine rings is 1. The maximum atomic E-state index is 13.6. The number of carbonyl (C=O) groups is 1. The zero-order valence-corrected chi connectivity index (χ0v) is 17.5. The summed E-state index contributed by atoms with van der Waals surface area (Å²) in [4.78, 5) is 22.3. The van der Waals surface area contributed by atoms with Gasteiger partial charge in [-0.1, -0.05) is 32.4 Å². The number of anilines is 1. The topological polar surface area (TPSA) is 77.6 Å². The van der Waals surface area contributed by atoms with E-state index >= 15 is 0 Å². The molecule has 29 heavy (non-hydrogen) atoms. The molecule has 6 heteroatoms. The first-order valence-corrected chi connectivity index (χ1v) is 10.2. The number of halogens is 1. The third-order valence-electron chi connectivity index (χ3n) is 5.43. The summed E-state index contributed by atoms with van der Waals surface area (Å²) < 4.78 is 18.9. The second kappa shape index (κ2) is 8.72. The second-order valence-electron chi connectivity index (χ2n) is 7.30. The molecule has 3 rings (SSSR count). The Balaban J connectivity index is 2.28. The number of nitrogens with zero attached hydrogens (tertiary/aromatic N) is 2. The molecule has 2 atom stereocenters. The maximum Gasteiger partial charge on any atom is 0.315 e. The molecule has 0 aliphatic carbocycles. The van der Waals surface area contributed by atoms with Crippen LogP contribution in [0.25, 0.3) is 0 Å². The minimum atomic E-state index is -0.626. The van der Waals surface area contributed by atoms with Crippen molar-refractivity contribution in [1.29, 1.82) is 0 Å². The van der Waals surface area contributed by atoms with E-state index in [1.54, 1.807) is 19.1 Å². The highest BCUT2D eigenvalue weighted by Gasteiger charge is 2.41. The molecule has 0 saturated carbocycles. The third-order valence-corrected chi connectivity index (χ3v) is 5.43. The van der Waals surface area contributed by atoms with Gasteiger partial charge < -0.3 is 10.5 Å². The molecule has 0 spiro atoms. The average Bonchev–Trinajstić information content (AvgIpc) is 2.68. The van der Waals surface area contributed by atoms with E-state index in [0.717, 1.165) is 41.6 Å². The van der Waals surface area contributed by atoms with Gasteiger partial charge in [-0.2, -0.15) is 0 Å². The van der Waals surface area contributed by atoms with Crippen LogP contribution in [0.2, 0.25) is 0 Å². The van der Waals surface area contributed by atoms with E-state index in [1.165, 1.54) is 12.1 Å². The van der Waals surface area contributed by atoms with Gasteiger partial charge in [0.05, 0.1) is 6.61 Å². The minimum absolute atomic E-state index is 0.273. The van der Waals surface area contributed by atoms with Crippen molar-refractivity contribution in [3.8, 4) is 0 Å². The average molecular weight is 397 g/mol. The molecule has 0 radical (unpaired) electrons. The summed E-state index contributed by atoms with van der Waals surface area (Å²) in [5.74, 6) is -1.19. The van der Waals surface area contributed by atoms with Crippen molar-refractivity contribution in [1.82, 2.24) is 4.98 Å². The summed E-state index contributed by atoms with van der Waals surface area (Å²) in [5.41, 5.74) is 11.4. The smallest absolute Gasteiger partial charge is 0.315 e. The molecule has 0 fully saturated rings. The Hall–Kier alpha value is -2.76. The quantitative estimate of drug-likeness (QED) is 0.715. The van der Waals surface area contributed by atoms with Gasteiger partial charge in [0.1, 0.15) is 11.7 Å². The molecule has 2 aromatic rings. The molecule has 1 aliphatic heterocycles. The number of aryl methyl sites for hydroxylation is 1. The fraction of sp³-hybridized carbons (Fsp3) is 0.435. The standard InChI is InChI=1S/C23H28FN3O2/c1-5-8-17-16(6-2)21(25)20-19(14-9-11-15(24)12-10-14)18(23(28)29-7-3)13(4)26-22(20)27-17/h9-12,18-19H,5-8H2,1-4H3,(H2,25,27). The highest BCUT2D eigenvalue weighted by atomic mass is 19.1. The maximum absolute atomic E-state index is 13.6. The Morgan fingerprint density at radius 1 is 1.21 bits per heavy atom. The fourth-order valence-electron chi connectivity index (χ4n) is 4.14. The Kier molecular flexibility index (Phi) is 6.30. The second-order valence-corrected chi connectivity index (χ2v) is 7.30. The molecular formula is C23H28FN3O2. The van der Waals surface area contributed by atoms with Crippen LogP contribution in [0.3, 0.4) is 0 Å². The molecule has 2 N–H and O–H groups in total. The van der Waals surface area contributed by atoms with Crippen LogP contribution < -0.4 is 5.73 Å². The molecule has 0 amide bonds. The van der Waals surface area contributed by atoms with Crippen molar-refractivity contribution in [3.05, 3.63) is 52.5 Å².